The van der Waals surface area contributed by atoms with E-state index in [9.17, 15) is 9.59 Å². The number of ether oxygens (including phenoxy) is 1. The molecule has 0 spiro atoms. The SMILES string of the molecule is C=C(CCC(C=O)N1C(=C)c2cccc(NCCOCCCCCCN)c2C1=O)NC. The number of anilines is 1. The number of amides is 1. The molecule has 2 rings (SSSR count). The maximum Gasteiger partial charge on any atom is 0.261 e. The number of benzene rings is 1. The molecule has 0 radical (unpaired) electrons. The average Bonchev–Trinajstić information content (AvgIpc) is 3.04. The zero-order valence-electron chi connectivity index (χ0n) is 18.6. The summed E-state index contributed by atoms with van der Waals surface area (Å²) in [7, 11) is 1.79. The molecule has 0 aromatic heterocycles. The highest BCUT2D eigenvalue weighted by atomic mass is 16.5. The van der Waals surface area contributed by atoms with Gasteiger partial charge in [-0.25, -0.2) is 0 Å². The molecule has 0 saturated carbocycles. The first-order valence-corrected chi connectivity index (χ1v) is 11.0. The van der Waals surface area contributed by atoms with Crippen molar-refractivity contribution in [2.45, 2.75) is 44.6 Å². The van der Waals surface area contributed by atoms with E-state index >= 15 is 0 Å². The number of nitrogens with two attached hydrogens (primary N) is 1. The summed E-state index contributed by atoms with van der Waals surface area (Å²) < 4.78 is 5.68. The van der Waals surface area contributed by atoms with Crippen LogP contribution in [-0.4, -0.2) is 56.5 Å². The fraction of sp³-hybridized carbons (Fsp3) is 0.500. The van der Waals surface area contributed by atoms with Crippen LogP contribution in [0.4, 0.5) is 5.69 Å². The third-order valence-electron chi connectivity index (χ3n) is 5.49. The van der Waals surface area contributed by atoms with Crippen molar-refractivity contribution >= 4 is 23.6 Å². The molecule has 0 fully saturated rings. The summed E-state index contributed by atoms with van der Waals surface area (Å²) in [5.74, 6) is -0.198. The van der Waals surface area contributed by atoms with Crippen LogP contribution in [0, 0.1) is 0 Å². The van der Waals surface area contributed by atoms with E-state index in [0.717, 1.165) is 62.1 Å². The van der Waals surface area contributed by atoms with Crippen molar-refractivity contribution in [1.82, 2.24) is 10.2 Å². The molecule has 0 aliphatic carbocycles. The summed E-state index contributed by atoms with van der Waals surface area (Å²) in [6.45, 7) is 10.6. The molecule has 0 saturated heterocycles. The molecule has 7 heteroatoms. The van der Waals surface area contributed by atoms with Gasteiger partial charge in [-0.05, 0) is 38.3 Å². The molecule has 1 aromatic rings. The largest absolute Gasteiger partial charge is 0.392 e. The highest BCUT2D eigenvalue weighted by molar-refractivity contribution is 6.13. The number of hydrogen-bond donors (Lipinski definition) is 3. The topological polar surface area (TPSA) is 96.7 Å². The van der Waals surface area contributed by atoms with Gasteiger partial charge in [-0.3, -0.25) is 9.69 Å². The Hall–Kier alpha value is -2.64. The predicted octanol–water partition coefficient (Wildman–Crippen LogP) is 3.14. The number of nitrogens with one attached hydrogen (secondary N) is 2. The molecule has 1 aromatic carbocycles. The van der Waals surface area contributed by atoms with E-state index in [1.165, 1.54) is 4.90 Å². The van der Waals surface area contributed by atoms with Crippen molar-refractivity contribution < 1.29 is 14.3 Å². The molecule has 1 amide bonds. The van der Waals surface area contributed by atoms with Crippen molar-refractivity contribution in [1.29, 1.82) is 0 Å². The molecule has 1 atom stereocenters. The van der Waals surface area contributed by atoms with Crippen molar-refractivity contribution in [2.75, 3.05) is 38.7 Å². The lowest BCUT2D eigenvalue weighted by atomic mass is 10.1. The van der Waals surface area contributed by atoms with Crippen LogP contribution in [0.3, 0.4) is 0 Å². The first kappa shape index (κ1) is 24.6. The van der Waals surface area contributed by atoms with Crippen LogP contribution in [0.15, 0.2) is 37.1 Å². The van der Waals surface area contributed by atoms with E-state index in [0.29, 0.717) is 37.3 Å². The number of nitrogens with zero attached hydrogens (tertiary/aromatic N) is 1. The zero-order chi connectivity index (χ0) is 22.6. The number of carbonyl (C=O) groups is 2. The van der Waals surface area contributed by atoms with Crippen LogP contribution in [-0.2, 0) is 9.53 Å². The van der Waals surface area contributed by atoms with Crippen LogP contribution in [0.2, 0.25) is 0 Å². The minimum atomic E-state index is -0.576. The van der Waals surface area contributed by atoms with Crippen molar-refractivity contribution in [3.8, 4) is 0 Å². The molecule has 1 heterocycles. The number of rotatable bonds is 16. The van der Waals surface area contributed by atoms with Gasteiger partial charge in [0.25, 0.3) is 5.91 Å². The molecule has 7 nitrogen and oxygen atoms in total. The lowest BCUT2D eigenvalue weighted by molar-refractivity contribution is -0.111. The summed E-state index contributed by atoms with van der Waals surface area (Å²) in [6.07, 6.45) is 6.26. The smallest absolute Gasteiger partial charge is 0.261 e. The second kappa shape index (κ2) is 12.9. The maximum atomic E-state index is 13.2. The normalized spacial score (nSPS) is 13.8. The fourth-order valence-corrected chi connectivity index (χ4v) is 3.66. The second-order valence-corrected chi connectivity index (χ2v) is 7.69. The molecule has 1 aliphatic heterocycles. The van der Waals surface area contributed by atoms with Gasteiger partial charge in [-0.1, -0.05) is 38.1 Å². The Morgan fingerprint density at radius 2 is 2.03 bits per heavy atom. The number of allylic oxidation sites excluding steroid dienone is 1. The Labute approximate surface area is 185 Å². The van der Waals surface area contributed by atoms with Gasteiger partial charge in [-0.15, -0.1) is 0 Å². The van der Waals surface area contributed by atoms with Crippen molar-refractivity contribution in [3.63, 3.8) is 0 Å². The minimum Gasteiger partial charge on any atom is -0.392 e. The van der Waals surface area contributed by atoms with Crippen LogP contribution >= 0.6 is 0 Å². The molecule has 0 bridgehead atoms. The number of aldehydes is 1. The van der Waals surface area contributed by atoms with E-state index in [1.807, 2.05) is 18.2 Å². The monoisotopic (exact) mass is 428 g/mol. The van der Waals surface area contributed by atoms with Gasteiger partial charge in [-0.2, -0.15) is 0 Å². The lowest BCUT2D eigenvalue weighted by Gasteiger charge is -2.24. The fourth-order valence-electron chi connectivity index (χ4n) is 3.66. The summed E-state index contributed by atoms with van der Waals surface area (Å²) in [5, 5.41) is 6.27. The molecule has 4 N–H and O–H groups in total. The first-order valence-electron chi connectivity index (χ1n) is 11.0. The van der Waals surface area contributed by atoms with E-state index in [4.69, 9.17) is 10.5 Å². The van der Waals surface area contributed by atoms with E-state index < -0.39 is 6.04 Å². The number of carbonyl (C=O) groups excluding carboxylic acids is 2. The van der Waals surface area contributed by atoms with Crippen molar-refractivity contribution in [3.05, 3.63) is 48.2 Å². The van der Waals surface area contributed by atoms with E-state index in [-0.39, 0.29) is 5.91 Å². The molecule has 170 valence electrons. The summed E-state index contributed by atoms with van der Waals surface area (Å²) in [4.78, 5) is 26.4. The zero-order valence-corrected chi connectivity index (χ0v) is 18.6. The summed E-state index contributed by atoms with van der Waals surface area (Å²) in [6, 6.07) is 5.06. The van der Waals surface area contributed by atoms with Crippen molar-refractivity contribution in [2.24, 2.45) is 5.73 Å². The Morgan fingerprint density at radius 1 is 1.26 bits per heavy atom. The minimum absolute atomic E-state index is 0.198. The van der Waals surface area contributed by atoms with Crippen LogP contribution in [0.25, 0.3) is 5.70 Å². The summed E-state index contributed by atoms with van der Waals surface area (Å²) in [5.41, 5.74) is 8.93. The van der Waals surface area contributed by atoms with Gasteiger partial charge in [0.1, 0.15) is 6.29 Å². The van der Waals surface area contributed by atoms with Gasteiger partial charge in [0.05, 0.1) is 18.2 Å². The Balaban J connectivity index is 1.93. The van der Waals surface area contributed by atoms with Crippen LogP contribution < -0.4 is 16.4 Å². The molecule has 31 heavy (non-hydrogen) atoms. The van der Waals surface area contributed by atoms with Gasteiger partial charge in [0.15, 0.2) is 0 Å². The highest BCUT2D eigenvalue weighted by Gasteiger charge is 2.37. The quantitative estimate of drug-likeness (QED) is 0.276. The Kier molecular flexibility index (Phi) is 10.3. The second-order valence-electron chi connectivity index (χ2n) is 7.69. The van der Waals surface area contributed by atoms with Crippen LogP contribution in [0.5, 0.6) is 0 Å². The number of unbranched alkanes of at least 4 members (excludes halogenated alkanes) is 3. The average molecular weight is 429 g/mol. The Bertz CT molecular complexity index is 778. The van der Waals surface area contributed by atoms with E-state index in [2.05, 4.69) is 23.8 Å². The van der Waals surface area contributed by atoms with E-state index in [1.54, 1.807) is 7.05 Å². The third kappa shape index (κ3) is 6.67. The molecule has 1 aliphatic rings. The van der Waals surface area contributed by atoms with Crippen LogP contribution in [0.1, 0.15) is 54.4 Å². The van der Waals surface area contributed by atoms with Gasteiger partial charge in [0.2, 0.25) is 0 Å². The summed E-state index contributed by atoms with van der Waals surface area (Å²) >= 11 is 0. The standard InChI is InChI=1S/C24H36N4O3/c1-18(26-3)11-12-20(17-29)28-19(2)21-9-8-10-22(23(21)24(28)30)27-14-16-31-15-7-5-4-6-13-25/h8-10,17,20,26-27H,1-2,4-7,11-16,25H2,3H3. The molecule has 1 unspecified atom stereocenters. The maximum absolute atomic E-state index is 13.2. The lowest BCUT2D eigenvalue weighted by Crippen LogP contribution is -2.36. The van der Waals surface area contributed by atoms with Gasteiger partial charge >= 0.3 is 0 Å². The molecular formula is C24H36N4O3. The predicted molar refractivity (Wildman–Crippen MR) is 126 cm³/mol. The third-order valence-corrected chi connectivity index (χ3v) is 5.49. The number of fused-ring (bicyclic) bond motifs is 1. The van der Waals surface area contributed by atoms with Gasteiger partial charge in [0, 0.05) is 42.8 Å². The number of hydrogen-bond acceptors (Lipinski definition) is 6. The first-order chi connectivity index (χ1) is 15.0. The highest BCUT2D eigenvalue weighted by Crippen LogP contribution is 2.37. The Morgan fingerprint density at radius 3 is 2.74 bits per heavy atom. The van der Waals surface area contributed by atoms with Gasteiger partial charge < -0.3 is 25.9 Å². The molecular weight excluding hydrogens is 392 g/mol.